The van der Waals surface area contributed by atoms with Gasteiger partial charge in [-0.1, -0.05) is 20.8 Å². The fourth-order valence-electron chi connectivity index (χ4n) is 1.31. The molecule has 0 aromatic carbocycles. The van der Waals surface area contributed by atoms with Crippen LogP contribution in [0, 0.1) is 0 Å². The van der Waals surface area contributed by atoms with Crippen LogP contribution in [0.15, 0.2) is 5.38 Å². The van der Waals surface area contributed by atoms with Crippen LogP contribution in [0.3, 0.4) is 0 Å². The van der Waals surface area contributed by atoms with Gasteiger partial charge < -0.3 is 4.74 Å². The van der Waals surface area contributed by atoms with Crippen LogP contribution in [-0.2, 0) is 16.6 Å². The topological polar surface area (TPSA) is 22.1 Å². The first-order valence-corrected chi connectivity index (χ1v) is 6.83. The summed E-state index contributed by atoms with van der Waals surface area (Å²) in [6.07, 6.45) is 1.87. The summed E-state index contributed by atoms with van der Waals surface area (Å²) in [7, 11) is 1.68. The number of methoxy groups -OCH3 is 1. The third-order valence-electron chi connectivity index (χ3n) is 2.34. The van der Waals surface area contributed by atoms with E-state index in [9.17, 15) is 0 Å². The third-order valence-corrected chi connectivity index (χ3v) is 3.59. The molecule has 1 unspecified atom stereocenters. The van der Waals surface area contributed by atoms with Gasteiger partial charge in [0.25, 0.3) is 0 Å². The van der Waals surface area contributed by atoms with Gasteiger partial charge in [0, 0.05) is 24.3 Å². The van der Waals surface area contributed by atoms with Gasteiger partial charge in [-0.3, -0.25) is 0 Å². The highest BCUT2D eigenvalue weighted by atomic mass is 35.5. The predicted octanol–water partition coefficient (Wildman–Crippen LogP) is 3.63. The van der Waals surface area contributed by atoms with Gasteiger partial charge in [0.1, 0.15) is 0 Å². The Balaban J connectivity index is 2.47. The summed E-state index contributed by atoms with van der Waals surface area (Å²) < 4.78 is 5.00. The molecular formula is C12H20ClNOS. The highest BCUT2D eigenvalue weighted by molar-refractivity contribution is 7.09. The van der Waals surface area contributed by atoms with Gasteiger partial charge in [-0.25, -0.2) is 4.98 Å². The molecule has 4 heteroatoms. The second-order valence-corrected chi connectivity index (χ2v) is 6.53. The van der Waals surface area contributed by atoms with Crippen LogP contribution in [0.1, 0.15) is 37.9 Å². The van der Waals surface area contributed by atoms with Gasteiger partial charge in [0.05, 0.1) is 22.7 Å². The zero-order chi connectivity index (χ0) is 12.2. The molecule has 0 N–H and O–H groups in total. The molecule has 0 bridgehead atoms. The number of ether oxygens (including phenoxy) is 1. The Kier molecular flexibility index (Phi) is 5.22. The Morgan fingerprint density at radius 3 is 2.69 bits per heavy atom. The normalized spacial score (nSPS) is 14.1. The van der Waals surface area contributed by atoms with E-state index in [1.54, 1.807) is 18.4 Å². The molecule has 1 atom stereocenters. The number of hydrogen-bond donors (Lipinski definition) is 0. The summed E-state index contributed by atoms with van der Waals surface area (Å²) in [5.41, 5.74) is 1.31. The Hall–Kier alpha value is -0.120. The quantitative estimate of drug-likeness (QED) is 0.756. The van der Waals surface area contributed by atoms with E-state index >= 15 is 0 Å². The maximum Gasteiger partial charge on any atom is 0.0929 e. The SMILES string of the molecule is COCC(Cl)CCc1nc(C(C)(C)C)cs1. The number of nitrogens with zero attached hydrogens (tertiary/aromatic N) is 1. The van der Waals surface area contributed by atoms with Crippen molar-refractivity contribution in [3.63, 3.8) is 0 Å². The number of aromatic nitrogens is 1. The van der Waals surface area contributed by atoms with E-state index in [1.165, 1.54) is 10.7 Å². The van der Waals surface area contributed by atoms with Crippen LogP contribution in [0.5, 0.6) is 0 Å². The van der Waals surface area contributed by atoms with E-state index in [-0.39, 0.29) is 10.8 Å². The maximum atomic E-state index is 6.08. The number of halogens is 1. The number of rotatable bonds is 5. The predicted molar refractivity (Wildman–Crippen MR) is 70.7 cm³/mol. The Morgan fingerprint density at radius 1 is 1.50 bits per heavy atom. The van der Waals surface area contributed by atoms with E-state index in [4.69, 9.17) is 16.3 Å². The van der Waals surface area contributed by atoms with Crippen LogP contribution in [0.4, 0.5) is 0 Å². The summed E-state index contributed by atoms with van der Waals surface area (Å²) in [4.78, 5) is 4.63. The fourth-order valence-corrected chi connectivity index (χ4v) is 2.59. The monoisotopic (exact) mass is 261 g/mol. The molecule has 0 spiro atoms. The van der Waals surface area contributed by atoms with Gasteiger partial charge in [0.15, 0.2) is 0 Å². The molecule has 1 rings (SSSR count). The zero-order valence-corrected chi connectivity index (χ0v) is 12.0. The smallest absolute Gasteiger partial charge is 0.0929 e. The molecule has 0 aliphatic carbocycles. The minimum atomic E-state index is 0.0898. The van der Waals surface area contributed by atoms with Crippen LogP contribution in [-0.4, -0.2) is 24.1 Å². The summed E-state index contributed by atoms with van der Waals surface area (Å²) >= 11 is 7.81. The molecule has 92 valence electrons. The van der Waals surface area contributed by atoms with E-state index in [1.807, 2.05) is 0 Å². The first-order chi connectivity index (χ1) is 7.43. The van der Waals surface area contributed by atoms with Gasteiger partial charge in [-0.15, -0.1) is 22.9 Å². The minimum absolute atomic E-state index is 0.0898. The molecule has 0 aliphatic heterocycles. The molecule has 0 fully saturated rings. The van der Waals surface area contributed by atoms with Gasteiger partial charge in [-0.05, 0) is 6.42 Å². The Morgan fingerprint density at radius 2 is 2.19 bits per heavy atom. The third kappa shape index (κ3) is 4.40. The average molecular weight is 262 g/mol. The molecular weight excluding hydrogens is 242 g/mol. The number of thiazole rings is 1. The second kappa shape index (κ2) is 5.99. The number of aryl methyl sites for hydroxylation is 1. The lowest BCUT2D eigenvalue weighted by Crippen LogP contribution is -2.12. The average Bonchev–Trinajstić information content (AvgIpc) is 2.63. The maximum absolute atomic E-state index is 6.08. The highest BCUT2D eigenvalue weighted by Gasteiger charge is 2.17. The van der Waals surface area contributed by atoms with Crippen molar-refractivity contribution in [2.75, 3.05) is 13.7 Å². The van der Waals surface area contributed by atoms with E-state index in [0.717, 1.165) is 12.8 Å². The van der Waals surface area contributed by atoms with Crippen molar-refractivity contribution in [1.29, 1.82) is 0 Å². The van der Waals surface area contributed by atoms with Crippen LogP contribution >= 0.6 is 22.9 Å². The summed E-state index contributed by atoms with van der Waals surface area (Å²) in [5, 5.41) is 3.41. The van der Waals surface area contributed by atoms with Crippen LogP contribution < -0.4 is 0 Å². The lowest BCUT2D eigenvalue weighted by Gasteiger charge is -2.14. The molecule has 0 aliphatic rings. The summed E-state index contributed by atoms with van der Waals surface area (Å²) in [5.74, 6) is 0. The lowest BCUT2D eigenvalue weighted by atomic mass is 9.93. The number of alkyl halides is 1. The largest absolute Gasteiger partial charge is 0.383 e. The van der Waals surface area contributed by atoms with Gasteiger partial charge in [0.2, 0.25) is 0 Å². The number of hydrogen-bond acceptors (Lipinski definition) is 3. The molecule has 1 aromatic rings. The van der Waals surface area contributed by atoms with Crippen molar-refractivity contribution < 1.29 is 4.74 Å². The van der Waals surface area contributed by atoms with E-state index in [2.05, 4.69) is 31.1 Å². The van der Waals surface area contributed by atoms with E-state index in [0.29, 0.717) is 6.61 Å². The fraction of sp³-hybridized carbons (Fsp3) is 0.750. The molecule has 0 amide bonds. The summed E-state index contributed by atoms with van der Waals surface area (Å²) in [6.45, 7) is 7.16. The van der Waals surface area contributed by atoms with Crippen molar-refractivity contribution >= 4 is 22.9 Å². The van der Waals surface area contributed by atoms with Crippen molar-refractivity contribution in [2.24, 2.45) is 0 Å². The Labute approximate surface area is 107 Å². The molecule has 16 heavy (non-hydrogen) atoms. The van der Waals surface area contributed by atoms with Crippen molar-refractivity contribution in [3.05, 3.63) is 16.1 Å². The molecule has 0 saturated heterocycles. The zero-order valence-electron chi connectivity index (χ0n) is 10.4. The standard InChI is InChI=1S/C12H20ClNOS/c1-12(2,3)10-8-16-11(14-10)6-5-9(13)7-15-4/h8-9H,5-7H2,1-4H3. The van der Waals surface area contributed by atoms with Crippen molar-refractivity contribution in [1.82, 2.24) is 4.98 Å². The Bertz CT molecular complexity index is 319. The molecule has 1 heterocycles. The summed E-state index contributed by atoms with van der Waals surface area (Å²) in [6, 6.07) is 0. The van der Waals surface area contributed by atoms with Gasteiger partial charge >= 0.3 is 0 Å². The lowest BCUT2D eigenvalue weighted by molar-refractivity contribution is 0.195. The van der Waals surface area contributed by atoms with Crippen LogP contribution in [0.25, 0.3) is 0 Å². The first-order valence-electron chi connectivity index (χ1n) is 5.51. The molecule has 0 radical (unpaired) electrons. The molecule has 0 saturated carbocycles. The minimum Gasteiger partial charge on any atom is -0.383 e. The first kappa shape index (κ1) is 13.9. The van der Waals surface area contributed by atoms with Crippen molar-refractivity contribution in [2.45, 2.75) is 44.4 Å². The van der Waals surface area contributed by atoms with Gasteiger partial charge in [-0.2, -0.15) is 0 Å². The van der Waals surface area contributed by atoms with Crippen molar-refractivity contribution in [3.8, 4) is 0 Å². The highest BCUT2D eigenvalue weighted by Crippen LogP contribution is 2.24. The van der Waals surface area contributed by atoms with E-state index < -0.39 is 0 Å². The van der Waals surface area contributed by atoms with Crippen LogP contribution in [0.2, 0.25) is 0 Å². The second-order valence-electron chi connectivity index (χ2n) is 4.97. The molecule has 1 aromatic heterocycles. The molecule has 2 nitrogen and oxygen atoms in total.